The van der Waals surface area contributed by atoms with Crippen molar-refractivity contribution in [3.05, 3.63) is 17.5 Å². The van der Waals surface area contributed by atoms with Gasteiger partial charge in [-0.25, -0.2) is 8.78 Å². The number of hydrogen-bond acceptors (Lipinski definition) is 4. The van der Waals surface area contributed by atoms with Crippen molar-refractivity contribution in [2.45, 2.75) is 57.7 Å². The van der Waals surface area contributed by atoms with E-state index in [1.54, 1.807) is 6.92 Å². The lowest BCUT2D eigenvalue weighted by Gasteiger charge is -2.40. The van der Waals surface area contributed by atoms with Gasteiger partial charge in [0.1, 0.15) is 12.2 Å². The Kier molecular flexibility index (Phi) is 5.20. The molecule has 2 aliphatic heterocycles. The number of aliphatic hydroxyl groups excluding tert-OH is 1. The third-order valence-corrected chi connectivity index (χ3v) is 6.58. The highest BCUT2D eigenvalue weighted by molar-refractivity contribution is 5.76. The first-order valence-corrected chi connectivity index (χ1v) is 9.94. The predicted octanol–water partition coefficient (Wildman–Crippen LogP) is 1.82. The van der Waals surface area contributed by atoms with E-state index in [9.17, 15) is 18.7 Å². The molecule has 0 radical (unpaired) electrons. The lowest BCUT2D eigenvalue weighted by Crippen LogP contribution is -2.48. The number of aliphatic hydroxyl groups is 1. The Bertz CT molecular complexity index is 689. The van der Waals surface area contributed by atoms with Gasteiger partial charge in [-0.05, 0) is 63.6 Å². The Balaban J connectivity index is 1.38. The summed E-state index contributed by atoms with van der Waals surface area (Å²) in [6, 6.07) is 1.55. The zero-order valence-corrected chi connectivity index (χ0v) is 15.7. The minimum atomic E-state index is -2.63. The first kappa shape index (κ1) is 18.8. The molecule has 3 heterocycles. The van der Waals surface area contributed by atoms with Crippen molar-refractivity contribution in [2.24, 2.45) is 11.8 Å². The van der Waals surface area contributed by atoms with Crippen LogP contribution in [0, 0.1) is 18.8 Å². The van der Waals surface area contributed by atoms with Gasteiger partial charge in [-0.2, -0.15) is 5.10 Å². The largest absolute Gasteiger partial charge is 0.391 e. The van der Waals surface area contributed by atoms with E-state index in [1.807, 2.05) is 4.90 Å². The Morgan fingerprint density at radius 2 is 1.93 bits per heavy atom. The maximum absolute atomic E-state index is 12.8. The number of nitrogens with zero attached hydrogens (tertiary/aromatic N) is 4. The maximum atomic E-state index is 12.8. The Morgan fingerprint density at radius 1 is 1.26 bits per heavy atom. The third kappa shape index (κ3) is 3.74. The van der Waals surface area contributed by atoms with Crippen LogP contribution in [0.3, 0.4) is 0 Å². The molecule has 150 valence electrons. The molecule has 4 rings (SSSR count). The fourth-order valence-corrected chi connectivity index (χ4v) is 5.11. The number of alkyl halides is 2. The molecule has 8 heteroatoms. The van der Waals surface area contributed by atoms with E-state index in [1.165, 1.54) is 23.6 Å². The number of carbonyl (C=O) groups excluding carboxylic acids is 1. The van der Waals surface area contributed by atoms with Crippen LogP contribution >= 0.6 is 0 Å². The summed E-state index contributed by atoms with van der Waals surface area (Å²) in [6.45, 7) is 5.15. The zero-order chi connectivity index (χ0) is 19.1. The van der Waals surface area contributed by atoms with Crippen LogP contribution in [-0.4, -0.2) is 68.9 Å². The van der Waals surface area contributed by atoms with E-state index in [2.05, 4.69) is 10.00 Å². The monoisotopic (exact) mass is 382 g/mol. The Morgan fingerprint density at radius 3 is 2.56 bits per heavy atom. The summed E-state index contributed by atoms with van der Waals surface area (Å²) >= 11 is 0. The smallest absolute Gasteiger partial charge is 0.282 e. The second-order valence-corrected chi connectivity index (χ2v) is 8.34. The Labute approximate surface area is 158 Å². The second-order valence-electron chi connectivity index (χ2n) is 8.34. The maximum Gasteiger partial charge on any atom is 0.282 e. The molecule has 1 N–H and O–H groups in total. The van der Waals surface area contributed by atoms with Gasteiger partial charge < -0.3 is 10.0 Å². The van der Waals surface area contributed by atoms with Crippen molar-refractivity contribution >= 4 is 5.91 Å². The molecule has 0 bridgehead atoms. The van der Waals surface area contributed by atoms with Crippen LogP contribution in [0.15, 0.2) is 6.07 Å². The minimum absolute atomic E-state index is 0.00387. The summed E-state index contributed by atoms with van der Waals surface area (Å²) in [5, 5.41) is 14.5. The fourth-order valence-electron chi connectivity index (χ4n) is 5.11. The number of halogens is 2. The summed E-state index contributed by atoms with van der Waals surface area (Å²) in [4.78, 5) is 17.0. The summed E-state index contributed by atoms with van der Waals surface area (Å²) in [5.74, 6) is 0.667. The molecule has 1 aromatic heterocycles. The summed E-state index contributed by atoms with van der Waals surface area (Å²) < 4.78 is 27.0. The van der Waals surface area contributed by atoms with Gasteiger partial charge >= 0.3 is 0 Å². The number of rotatable bonds is 4. The predicted molar refractivity (Wildman–Crippen MR) is 95.3 cm³/mol. The molecule has 0 aromatic carbocycles. The van der Waals surface area contributed by atoms with Gasteiger partial charge in [-0.15, -0.1) is 0 Å². The number of aryl methyl sites for hydroxylation is 1. The van der Waals surface area contributed by atoms with Gasteiger partial charge in [0, 0.05) is 24.8 Å². The standard InChI is InChI=1S/C19H28F2N4O2/c1-12-6-15(19(20)21)22-25(12)11-18(27)24-9-13-7-16(23-4-2-3-5-23)17(26)8-14(13)10-24/h6,13-14,16-17,19,26H,2-5,7-11H2,1H3/t13-,14+,16-,17-/m1/s1. The molecular weight excluding hydrogens is 354 g/mol. The van der Waals surface area contributed by atoms with Crippen LogP contribution < -0.4 is 0 Å². The van der Waals surface area contributed by atoms with E-state index in [4.69, 9.17) is 0 Å². The molecule has 0 unspecified atom stereocenters. The number of fused-ring (bicyclic) bond motifs is 1. The topological polar surface area (TPSA) is 61.6 Å². The highest BCUT2D eigenvalue weighted by Gasteiger charge is 2.44. The molecule has 1 amide bonds. The molecule has 1 aromatic rings. The first-order valence-electron chi connectivity index (χ1n) is 9.94. The summed E-state index contributed by atoms with van der Waals surface area (Å²) in [5.41, 5.74) is 0.284. The van der Waals surface area contributed by atoms with Crippen molar-refractivity contribution < 1.29 is 18.7 Å². The minimum Gasteiger partial charge on any atom is -0.391 e. The molecule has 27 heavy (non-hydrogen) atoms. The molecule has 3 fully saturated rings. The summed E-state index contributed by atoms with van der Waals surface area (Å²) in [7, 11) is 0. The Hall–Kier alpha value is -1.54. The molecule has 3 aliphatic rings. The van der Waals surface area contributed by atoms with E-state index in [-0.39, 0.29) is 30.3 Å². The van der Waals surface area contributed by atoms with Gasteiger partial charge in [0.15, 0.2) is 0 Å². The van der Waals surface area contributed by atoms with E-state index < -0.39 is 6.43 Å². The molecular formula is C19H28F2N4O2. The average molecular weight is 382 g/mol. The van der Waals surface area contributed by atoms with Crippen LogP contribution in [0.25, 0.3) is 0 Å². The van der Waals surface area contributed by atoms with Gasteiger partial charge in [0.25, 0.3) is 6.43 Å². The summed E-state index contributed by atoms with van der Waals surface area (Å²) in [6.07, 6.45) is 1.13. The van der Waals surface area contributed by atoms with Crippen molar-refractivity contribution in [1.29, 1.82) is 0 Å². The second kappa shape index (κ2) is 7.47. The third-order valence-electron chi connectivity index (χ3n) is 6.58. The van der Waals surface area contributed by atoms with E-state index in [0.29, 0.717) is 30.6 Å². The molecule has 6 nitrogen and oxygen atoms in total. The molecule has 0 spiro atoms. The van der Waals surface area contributed by atoms with Crippen LogP contribution in [0.1, 0.15) is 43.5 Å². The SMILES string of the molecule is Cc1cc(C(F)F)nn1CC(=O)N1C[C@H]2C[C@@H](N3CCCC3)[C@H](O)C[C@H]2C1. The van der Waals surface area contributed by atoms with Crippen molar-refractivity contribution in [3.8, 4) is 0 Å². The van der Waals surface area contributed by atoms with Gasteiger partial charge in [0.2, 0.25) is 5.91 Å². The van der Waals surface area contributed by atoms with Crippen LogP contribution in [0.2, 0.25) is 0 Å². The number of aromatic nitrogens is 2. The lowest BCUT2D eigenvalue weighted by molar-refractivity contribution is -0.131. The van der Waals surface area contributed by atoms with Crippen LogP contribution in [0.5, 0.6) is 0 Å². The van der Waals surface area contributed by atoms with Crippen LogP contribution in [0.4, 0.5) is 8.78 Å². The number of amides is 1. The highest BCUT2D eigenvalue weighted by atomic mass is 19.3. The molecule has 1 aliphatic carbocycles. The van der Waals surface area contributed by atoms with Gasteiger partial charge in [-0.3, -0.25) is 14.4 Å². The quantitative estimate of drug-likeness (QED) is 0.863. The van der Waals surface area contributed by atoms with Crippen molar-refractivity contribution in [3.63, 3.8) is 0 Å². The number of likely N-dealkylation sites (tertiary alicyclic amines) is 2. The van der Waals surface area contributed by atoms with Crippen LogP contribution in [-0.2, 0) is 11.3 Å². The van der Waals surface area contributed by atoms with Gasteiger partial charge in [0.05, 0.1) is 6.10 Å². The van der Waals surface area contributed by atoms with Crippen molar-refractivity contribution in [1.82, 2.24) is 19.6 Å². The van der Waals surface area contributed by atoms with Gasteiger partial charge in [-0.1, -0.05) is 0 Å². The average Bonchev–Trinajstić information content (AvgIpc) is 3.34. The zero-order valence-electron chi connectivity index (χ0n) is 15.7. The lowest BCUT2D eigenvalue weighted by atomic mass is 9.77. The van der Waals surface area contributed by atoms with E-state index in [0.717, 1.165) is 25.9 Å². The highest BCUT2D eigenvalue weighted by Crippen LogP contribution is 2.39. The fraction of sp³-hybridized carbons (Fsp3) is 0.789. The molecule has 4 atom stereocenters. The first-order chi connectivity index (χ1) is 12.9. The number of hydrogen-bond donors (Lipinski definition) is 1. The molecule has 2 saturated heterocycles. The normalized spacial score (nSPS) is 31.7. The van der Waals surface area contributed by atoms with E-state index >= 15 is 0 Å². The van der Waals surface area contributed by atoms with Crippen molar-refractivity contribution in [2.75, 3.05) is 26.2 Å². The number of carbonyl (C=O) groups is 1. The molecule has 1 saturated carbocycles.